The van der Waals surface area contributed by atoms with Crippen molar-refractivity contribution in [1.82, 2.24) is 20.9 Å². The lowest BCUT2D eigenvalue weighted by atomic mass is 9.86. The third kappa shape index (κ3) is 12.2. The Bertz CT molecular complexity index is 1750. The summed E-state index contributed by atoms with van der Waals surface area (Å²) < 4.78 is 18.0. The van der Waals surface area contributed by atoms with Crippen LogP contribution in [0, 0.1) is 35.5 Å². The van der Waals surface area contributed by atoms with E-state index in [2.05, 4.69) is 16.0 Å². The lowest BCUT2D eigenvalue weighted by Crippen LogP contribution is -2.39. The summed E-state index contributed by atoms with van der Waals surface area (Å²) in [5, 5.41) is 39.6. The second kappa shape index (κ2) is 21.0. The smallest absolute Gasteiger partial charge is 0.415 e. The fraction of sp³-hybridized carbons (Fsp3) is 0.500. The maximum Gasteiger partial charge on any atom is 0.415 e. The molecule has 3 aromatic rings. The van der Waals surface area contributed by atoms with E-state index in [1.54, 1.807) is 30.3 Å². The van der Waals surface area contributed by atoms with Crippen LogP contribution in [0.2, 0.25) is 0 Å². The SMILES string of the molecule is O=C(O)C(Cc1cccc(OC(=O)N(CCOc2cccc(C[C@H](C(=O)O)[C@H]3CCNC3)c2)CCOc2cccc(C[C@H](C(=O)O)[C@H]3CCNC3)c2)c1)[C@H]1CCNC1. The molecular formula is C44H56N4O10. The number of aliphatic carboxylic acids is 3. The second-order valence-corrected chi connectivity index (χ2v) is 15.7. The van der Waals surface area contributed by atoms with Crippen LogP contribution in [0.5, 0.6) is 17.2 Å². The van der Waals surface area contributed by atoms with Gasteiger partial charge in [-0.25, -0.2) is 4.79 Å². The summed E-state index contributed by atoms with van der Waals surface area (Å²) >= 11 is 0. The molecule has 0 aromatic heterocycles. The molecule has 1 unspecified atom stereocenters. The van der Waals surface area contributed by atoms with E-state index >= 15 is 0 Å². The highest BCUT2D eigenvalue weighted by Gasteiger charge is 2.33. The number of ether oxygens (including phenoxy) is 3. The number of amides is 1. The zero-order valence-corrected chi connectivity index (χ0v) is 32.9. The van der Waals surface area contributed by atoms with Gasteiger partial charge in [-0.3, -0.25) is 14.4 Å². The van der Waals surface area contributed by atoms with Gasteiger partial charge in [-0.1, -0.05) is 36.4 Å². The normalized spacial score (nSPS) is 20.5. The zero-order chi connectivity index (χ0) is 40.9. The van der Waals surface area contributed by atoms with Crippen LogP contribution in [0.3, 0.4) is 0 Å². The number of carboxylic acids is 3. The molecule has 14 heteroatoms. The molecule has 58 heavy (non-hydrogen) atoms. The third-order valence-corrected chi connectivity index (χ3v) is 11.7. The molecule has 0 bridgehead atoms. The van der Waals surface area contributed by atoms with E-state index in [4.69, 9.17) is 14.2 Å². The van der Waals surface area contributed by atoms with Crippen molar-refractivity contribution in [3.63, 3.8) is 0 Å². The van der Waals surface area contributed by atoms with Crippen molar-refractivity contribution < 1.29 is 48.7 Å². The quantitative estimate of drug-likeness (QED) is 0.0898. The van der Waals surface area contributed by atoms with Crippen molar-refractivity contribution in [2.24, 2.45) is 35.5 Å². The van der Waals surface area contributed by atoms with Crippen LogP contribution in [0.4, 0.5) is 4.79 Å². The highest BCUT2D eigenvalue weighted by Crippen LogP contribution is 2.28. The molecule has 0 radical (unpaired) electrons. The molecule has 3 aliphatic heterocycles. The number of hydrogen-bond acceptors (Lipinski definition) is 10. The van der Waals surface area contributed by atoms with Crippen LogP contribution < -0.4 is 30.2 Å². The first kappa shape index (κ1) is 42.4. The van der Waals surface area contributed by atoms with Gasteiger partial charge in [0.2, 0.25) is 0 Å². The van der Waals surface area contributed by atoms with Crippen LogP contribution in [-0.2, 0) is 33.6 Å². The van der Waals surface area contributed by atoms with Gasteiger partial charge in [-0.05, 0) is 149 Å². The van der Waals surface area contributed by atoms with E-state index < -0.39 is 41.8 Å². The van der Waals surface area contributed by atoms with Gasteiger partial charge < -0.3 is 50.4 Å². The molecule has 3 heterocycles. The Balaban J connectivity index is 1.10. The first-order chi connectivity index (χ1) is 28.1. The van der Waals surface area contributed by atoms with E-state index in [0.717, 1.165) is 55.6 Å². The van der Waals surface area contributed by atoms with E-state index in [1.807, 2.05) is 42.5 Å². The monoisotopic (exact) mass is 800 g/mol. The molecule has 6 rings (SSSR count). The minimum Gasteiger partial charge on any atom is -0.492 e. The molecule has 3 aromatic carbocycles. The molecular weight excluding hydrogens is 745 g/mol. The maximum atomic E-state index is 13.7. The lowest BCUT2D eigenvalue weighted by molar-refractivity contribution is -0.144. The summed E-state index contributed by atoms with van der Waals surface area (Å²) in [6, 6.07) is 21.7. The summed E-state index contributed by atoms with van der Waals surface area (Å²) in [4.78, 5) is 51.6. The van der Waals surface area contributed by atoms with Gasteiger partial charge in [0.1, 0.15) is 30.5 Å². The van der Waals surface area contributed by atoms with Gasteiger partial charge in [0.05, 0.1) is 30.8 Å². The Morgan fingerprint density at radius 2 is 0.931 bits per heavy atom. The van der Waals surface area contributed by atoms with Crippen LogP contribution in [-0.4, -0.2) is 110 Å². The number of hydrogen-bond donors (Lipinski definition) is 6. The summed E-state index contributed by atoms with van der Waals surface area (Å²) in [5.74, 6) is -2.51. The predicted octanol–water partition coefficient (Wildman–Crippen LogP) is 4.20. The van der Waals surface area contributed by atoms with Gasteiger partial charge in [0.15, 0.2) is 0 Å². The average molecular weight is 801 g/mol. The first-order valence-corrected chi connectivity index (χ1v) is 20.4. The van der Waals surface area contributed by atoms with Crippen LogP contribution in [0.25, 0.3) is 0 Å². The van der Waals surface area contributed by atoms with Crippen LogP contribution in [0.15, 0.2) is 72.8 Å². The fourth-order valence-corrected chi connectivity index (χ4v) is 8.46. The molecule has 3 aliphatic rings. The third-order valence-electron chi connectivity index (χ3n) is 11.7. The molecule has 6 atom stereocenters. The van der Waals surface area contributed by atoms with E-state index in [-0.39, 0.29) is 44.1 Å². The number of carbonyl (C=O) groups is 4. The topological polar surface area (TPSA) is 196 Å². The Kier molecular flexibility index (Phi) is 15.4. The summed E-state index contributed by atoms with van der Waals surface area (Å²) in [6.45, 7) is 4.96. The van der Waals surface area contributed by atoms with Gasteiger partial charge in [-0.2, -0.15) is 0 Å². The van der Waals surface area contributed by atoms with E-state index in [9.17, 15) is 34.5 Å². The van der Waals surface area contributed by atoms with Crippen LogP contribution >= 0.6 is 0 Å². The minimum atomic E-state index is -0.848. The molecule has 0 aliphatic carbocycles. The number of carbonyl (C=O) groups excluding carboxylic acids is 1. The molecule has 6 N–H and O–H groups in total. The van der Waals surface area contributed by atoms with Crippen molar-refractivity contribution in [3.05, 3.63) is 89.5 Å². The largest absolute Gasteiger partial charge is 0.492 e. The van der Waals surface area contributed by atoms with Gasteiger partial charge >= 0.3 is 24.0 Å². The molecule has 14 nitrogen and oxygen atoms in total. The predicted molar refractivity (Wildman–Crippen MR) is 215 cm³/mol. The first-order valence-electron chi connectivity index (χ1n) is 20.4. The van der Waals surface area contributed by atoms with Gasteiger partial charge in [0, 0.05) is 0 Å². The highest BCUT2D eigenvalue weighted by atomic mass is 16.6. The van der Waals surface area contributed by atoms with E-state index in [1.165, 1.54) is 4.90 Å². The number of carboxylic acid groups (broad SMARTS) is 3. The number of nitrogens with zero attached hydrogens (tertiary/aromatic N) is 1. The molecule has 312 valence electrons. The Labute approximate surface area is 339 Å². The standard InChI is InChI=1S/C44H56N4O10/c49-41(50)38(32-10-13-45-26-32)23-29-4-1-7-35(20-29)56-18-16-48(17-19-57-36-8-2-5-30(21-36)24-39(42(51)52)33-11-14-46-27-33)44(55)58-37-9-3-6-31(22-37)25-40(43(53)54)34-12-15-47-28-34/h1-9,20-22,32-34,38-40,45-47H,10-19,23-28H2,(H,49,50)(H,51,52)(H,53,54)/t32-,33-,34-,38-,39-,40?/m0/s1. The minimum absolute atomic E-state index is 0.0203. The lowest BCUT2D eigenvalue weighted by Gasteiger charge is -2.23. The Hall–Kier alpha value is -5.18. The van der Waals surface area contributed by atoms with E-state index in [0.29, 0.717) is 56.1 Å². The Morgan fingerprint density at radius 1 is 0.569 bits per heavy atom. The molecule has 0 spiro atoms. The molecule has 1 amide bonds. The number of benzene rings is 3. The molecule has 3 fully saturated rings. The van der Waals surface area contributed by atoms with Gasteiger partial charge in [0.25, 0.3) is 0 Å². The van der Waals surface area contributed by atoms with Crippen molar-refractivity contribution in [3.8, 4) is 17.2 Å². The van der Waals surface area contributed by atoms with Crippen molar-refractivity contribution in [1.29, 1.82) is 0 Å². The molecule has 3 saturated heterocycles. The maximum absolute atomic E-state index is 13.7. The Morgan fingerprint density at radius 3 is 1.28 bits per heavy atom. The summed E-state index contributed by atoms with van der Waals surface area (Å²) in [5.41, 5.74) is 2.46. The highest BCUT2D eigenvalue weighted by molar-refractivity contribution is 5.72. The zero-order valence-electron chi connectivity index (χ0n) is 32.9. The second-order valence-electron chi connectivity index (χ2n) is 15.7. The van der Waals surface area contributed by atoms with Crippen molar-refractivity contribution >= 4 is 24.0 Å². The van der Waals surface area contributed by atoms with Crippen molar-refractivity contribution in [2.75, 3.05) is 65.6 Å². The fourth-order valence-electron chi connectivity index (χ4n) is 8.46. The molecule has 0 saturated carbocycles. The number of rotatable bonds is 21. The van der Waals surface area contributed by atoms with Crippen LogP contribution in [0.1, 0.15) is 36.0 Å². The van der Waals surface area contributed by atoms with Crippen molar-refractivity contribution in [2.45, 2.75) is 38.5 Å². The van der Waals surface area contributed by atoms with Gasteiger partial charge in [-0.15, -0.1) is 0 Å². The number of nitrogens with one attached hydrogen (secondary N) is 3. The average Bonchev–Trinajstić information content (AvgIpc) is 4.03. The summed E-state index contributed by atoms with van der Waals surface area (Å²) in [6.07, 6.45) is 2.88. The summed E-state index contributed by atoms with van der Waals surface area (Å²) in [7, 11) is 0.